The van der Waals surface area contributed by atoms with Crippen molar-refractivity contribution in [3.05, 3.63) is 29.8 Å². The molecule has 1 aromatic heterocycles. The molecular formula is C15H21N3S. The molecule has 0 fully saturated rings. The minimum atomic E-state index is 0.0569. The van der Waals surface area contributed by atoms with Crippen LogP contribution >= 0.6 is 11.3 Å². The highest BCUT2D eigenvalue weighted by Crippen LogP contribution is 2.36. The highest BCUT2D eigenvalue weighted by molar-refractivity contribution is 7.22. The standard InChI is InChI=1S/C15H21N3S/c1-9(16-5)10-7-11(15(2,3)4)13-12(8-10)19-14(17-6)18-13/h7-8,16H,1H2,2-6H3,(H,17,18). The second kappa shape index (κ2) is 4.85. The zero-order valence-electron chi connectivity index (χ0n) is 12.2. The minimum Gasteiger partial charge on any atom is -0.388 e. The molecule has 1 heterocycles. The van der Waals surface area contributed by atoms with Gasteiger partial charge in [0.1, 0.15) is 0 Å². The molecule has 1 aromatic carbocycles. The molecule has 19 heavy (non-hydrogen) atoms. The van der Waals surface area contributed by atoms with E-state index < -0.39 is 0 Å². The van der Waals surface area contributed by atoms with Gasteiger partial charge in [-0.15, -0.1) is 0 Å². The van der Waals surface area contributed by atoms with Crippen LogP contribution in [0.25, 0.3) is 15.9 Å². The first kappa shape index (κ1) is 13.9. The zero-order chi connectivity index (χ0) is 14.2. The maximum atomic E-state index is 4.68. The van der Waals surface area contributed by atoms with Crippen LogP contribution in [0, 0.1) is 0 Å². The van der Waals surface area contributed by atoms with Crippen LogP contribution in [0.2, 0.25) is 0 Å². The molecule has 0 spiro atoms. The summed E-state index contributed by atoms with van der Waals surface area (Å²) < 4.78 is 1.20. The van der Waals surface area contributed by atoms with Crippen LogP contribution in [-0.2, 0) is 5.41 Å². The van der Waals surface area contributed by atoms with Crippen LogP contribution in [0.3, 0.4) is 0 Å². The number of aromatic nitrogens is 1. The van der Waals surface area contributed by atoms with E-state index in [1.54, 1.807) is 11.3 Å². The first-order valence-electron chi connectivity index (χ1n) is 6.36. The van der Waals surface area contributed by atoms with Gasteiger partial charge in [-0.25, -0.2) is 4.98 Å². The zero-order valence-corrected chi connectivity index (χ0v) is 13.0. The molecule has 0 saturated heterocycles. The summed E-state index contributed by atoms with van der Waals surface area (Å²) in [5.41, 5.74) is 4.48. The SMILES string of the molecule is C=C(NC)c1cc(C(C)(C)C)c2nc(NC)sc2c1. The van der Waals surface area contributed by atoms with Crippen LogP contribution in [0.15, 0.2) is 18.7 Å². The molecule has 102 valence electrons. The minimum absolute atomic E-state index is 0.0569. The van der Waals surface area contributed by atoms with Crippen molar-refractivity contribution in [1.29, 1.82) is 0 Å². The Morgan fingerprint density at radius 2 is 1.95 bits per heavy atom. The third-order valence-electron chi connectivity index (χ3n) is 3.17. The monoisotopic (exact) mass is 275 g/mol. The van der Waals surface area contributed by atoms with Crippen molar-refractivity contribution < 1.29 is 0 Å². The van der Waals surface area contributed by atoms with E-state index in [1.165, 1.54) is 10.3 Å². The van der Waals surface area contributed by atoms with Crippen LogP contribution in [-0.4, -0.2) is 19.1 Å². The summed E-state index contributed by atoms with van der Waals surface area (Å²) in [5.74, 6) is 0. The summed E-state index contributed by atoms with van der Waals surface area (Å²) in [7, 11) is 3.80. The van der Waals surface area contributed by atoms with E-state index in [-0.39, 0.29) is 5.41 Å². The van der Waals surface area contributed by atoms with Crippen molar-refractivity contribution in [3.8, 4) is 0 Å². The summed E-state index contributed by atoms with van der Waals surface area (Å²) in [4.78, 5) is 4.68. The largest absolute Gasteiger partial charge is 0.388 e. The second-order valence-electron chi connectivity index (χ2n) is 5.62. The Hall–Kier alpha value is -1.55. The van der Waals surface area contributed by atoms with Gasteiger partial charge in [0.15, 0.2) is 5.13 Å². The molecule has 0 radical (unpaired) electrons. The predicted molar refractivity (Wildman–Crippen MR) is 86.0 cm³/mol. The fourth-order valence-corrected chi connectivity index (χ4v) is 2.91. The molecule has 0 bridgehead atoms. The smallest absolute Gasteiger partial charge is 0.183 e. The van der Waals surface area contributed by atoms with Gasteiger partial charge >= 0.3 is 0 Å². The molecule has 0 atom stereocenters. The van der Waals surface area contributed by atoms with Gasteiger partial charge in [0.05, 0.1) is 10.2 Å². The molecule has 2 aromatic rings. The van der Waals surface area contributed by atoms with E-state index >= 15 is 0 Å². The van der Waals surface area contributed by atoms with E-state index in [1.807, 2.05) is 14.1 Å². The Labute approximate surface area is 118 Å². The maximum Gasteiger partial charge on any atom is 0.183 e. The molecule has 0 saturated carbocycles. The average molecular weight is 275 g/mol. The van der Waals surface area contributed by atoms with Crippen LogP contribution in [0.5, 0.6) is 0 Å². The van der Waals surface area contributed by atoms with Crippen LogP contribution in [0.4, 0.5) is 5.13 Å². The fraction of sp³-hybridized carbons (Fsp3) is 0.400. The predicted octanol–water partition coefficient (Wildman–Crippen LogP) is 3.83. The van der Waals surface area contributed by atoms with Crippen molar-refractivity contribution in [1.82, 2.24) is 10.3 Å². The topological polar surface area (TPSA) is 37.0 Å². The number of fused-ring (bicyclic) bond motifs is 1. The van der Waals surface area contributed by atoms with E-state index in [0.29, 0.717) is 0 Å². The molecule has 2 rings (SSSR count). The summed E-state index contributed by atoms with van der Waals surface area (Å²) in [6.07, 6.45) is 0. The second-order valence-corrected chi connectivity index (χ2v) is 6.65. The van der Waals surface area contributed by atoms with Gasteiger partial charge in [0.25, 0.3) is 0 Å². The Balaban J connectivity index is 2.74. The van der Waals surface area contributed by atoms with Crippen molar-refractivity contribution >= 4 is 32.4 Å². The Morgan fingerprint density at radius 3 is 2.47 bits per heavy atom. The lowest BCUT2D eigenvalue weighted by Crippen LogP contribution is -2.13. The molecule has 0 aliphatic rings. The normalized spacial score (nSPS) is 11.6. The third-order valence-corrected chi connectivity index (χ3v) is 4.19. The van der Waals surface area contributed by atoms with Crippen LogP contribution in [0.1, 0.15) is 31.9 Å². The summed E-state index contributed by atoms with van der Waals surface area (Å²) in [5, 5.41) is 7.20. The van der Waals surface area contributed by atoms with Gasteiger partial charge in [0.2, 0.25) is 0 Å². The quantitative estimate of drug-likeness (QED) is 0.894. The molecule has 0 amide bonds. The van der Waals surface area contributed by atoms with Gasteiger partial charge in [-0.3, -0.25) is 0 Å². The Kier molecular flexibility index (Phi) is 3.54. The van der Waals surface area contributed by atoms with E-state index in [2.05, 4.69) is 55.1 Å². The van der Waals surface area contributed by atoms with Gasteiger partial charge in [-0.1, -0.05) is 38.7 Å². The lowest BCUT2D eigenvalue weighted by molar-refractivity contribution is 0.594. The Bertz CT molecular complexity index is 620. The summed E-state index contributed by atoms with van der Waals surface area (Å²) in [6, 6.07) is 4.35. The van der Waals surface area contributed by atoms with Gasteiger partial charge < -0.3 is 10.6 Å². The van der Waals surface area contributed by atoms with Gasteiger partial charge in [-0.05, 0) is 28.7 Å². The molecule has 3 nitrogen and oxygen atoms in total. The first-order valence-corrected chi connectivity index (χ1v) is 7.18. The lowest BCUT2D eigenvalue weighted by Gasteiger charge is -2.21. The number of hydrogen-bond donors (Lipinski definition) is 2. The first-order chi connectivity index (χ1) is 8.86. The van der Waals surface area contributed by atoms with E-state index in [4.69, 9.17) is 0 Å². The maximum absolute atomic E-state index is 4.68. The summed E-state index contributed by atoms with van der Waals surface area (Å²) in [6.45, 7) is 10.7. The number of hydrogen-bond acceptors (Lipinski definition) is 4. The van der Waals surface area contributed by atoms with Crippen molar-refractivity contribution in [3.63, 3.8) is 0 Å². The lowest BCUT2D eigenvalue weighted by atomic mass is 9.85. The van der Waals surface area contributed by atoms with E-state index in [0.717, 1.165) is 21.9 Å². The molecular weight excluding hydrogens is 254 g/mol. The molecule has 2 N–H and O–H groups in total. The Morgan fingerprint density at radius 1 is 1.26 bits per heavy atom. The van der Waals surface area contributed by atoms with Crippen molar-refractivity contribution in [2.24, 2.45) is 0 Å². The number of nitrogens with one attached hydrogen (secondary N) is 2. The summed E-state index contributed by atoms with van der Waals surface area (Å²) >= 11 is 1.68. The number of rotatable bonds is 3. The number of anilines is 1. The van der Waals surface area contributed by atoms with Gasteiger partial charge in [-0.2, -0.15) is 0 Å². The van der Waals surface area contributed by atoms with E-state index in [9.17, 15) is 0 Å². The fourth-order valence-electron chi connectivity index (χ4n) is 2.03. The third kappa shape index (κ3) is 2.59. The van der Waals surface area contributed by atoms with Gasteiger partial charge in [0, 0.05) is 19.8 Å². The average Bonchev–Trinajstić information content (AvgIpc) is 2.77. The highest BCUT2D eigenvalue weighted by atomic mass is 32.1. The number of nitrogens with zero attached hydrogens (tertiary/aromatic N) is 1. The molecule has 0 aliphatic heterocycles. The van der Waals surface area contributed by atoms with Crippen molar-refractivity contribution in [2.75, 3.05) is 19.4 Å². The molecule has 0 aliphatic carbocycles. The highest BCUT2D eigenvalue weighted by Gasteiger charge is 2.21. The molecule has 4 heteroatoms. The number of benzene rings is 1. The van der Waals surface area contributed by atoms with Crippen molar-refractivity contribution in [2.45, 2.75) is 26.2 Å². The van der Waals surface area contributed by atoms with Crippen LogP contribution < -0.4 is 10.6 Å². The molecule has 0 unspecified atom stereocenters. The number of thiazole rings is 1.